The minimum Gasteiger partial charge on any atom is -0.393 e. The van der Waals surface area contributed by atoms with E-state index in [4.69, 9.17) is 0 Å². The second kappa shape index (κ2) is 4.81. The molecule has 1 heterocycles. The molecular formula is C12H16N2O3. The second-order valence-electron chi connectivity index (χ2n) is 4.49. The molecule has 1 aromatic carbocycles. The zero-order chi connectivity index (χ0) is 12.4. The maximum atomic E-state index is 11.0. The van der Waals surface area contributed by atoms with Gasteiger partial charge in [0.1, 0.15) is 0 Å². The van der Waals surface area contributed by atoms with E-state index in [2.05, 4.69) is 4.90 Å². The molecule has 1 aliphatic heterocycles. The molecule has 0 spiro atoms. The van der Waals surface area contributed by atoms with Gasteiger partial charge in [0.25, 0.3) is 5.69 Å². The molecule has 1 N–H and O–H groups in total. The highest BCUT2D eigenvalue weighted by Crippen LogP contribution is 2.34. The minimum atomic E-state index is -0.365. The fourth-order valence-corrected chi connectivity index (χ4v) is 2.36. The Balaban J connectivity index is 2.35. The molecule has 0 aromatic heterocycles. The van der Waals surface area contributed by atoms with Gasteiger partial charge in [0.2, 0.25) is 0 Å². The van der Waals surface area contributed by atoms with E-state index in [1.165, 1.54) is 6.07 Å². The van der Waals surface area contributed by atoms with Crippen LogP contribution in [0.2, 0.25) is 0 Å². The number of nitrogens with zero attached hydrogens (tertiary/aromatic N) is 2. The van der Waals surface area contributed by atoms with Crippen molar-refractivity contribution in [2.75, 3.05) is 13.6 Å². The van der Waals surface area contributed by atoms with Gasteiger partial charge in [-0.1, -0.05) is 18.2 Å². The lowest BCUT2D eigenvalue weighted by molar-refractivity contribution is -0.386. The average Bonchev–Trinajstić information content (AvgIpc) is 2.32. The van der Waals surface area contributed by atoms with Crippen LogP contribution in [0.5, 0.6) is 0 Å². The monoisotopic (exact) mass is 236 g/mol. The number of para-hydroxylation sites is 1. The van der Waals surface area contributed by atoms with Gasteiger partial charge in [-0.2, -0.15) is 0 Å². The normalized spacial score (nSPS) is 25.8. The summed E-state index contributed by atoms with van der Waals surface area (Å²) < 4.78 is 0. The van der Waals surface area contributed by atoms with Crippen molar-refractivity contribution in [3.8, 4) is 0 Å². The Morgan fingerprint density at radius 2 is 2.18 bits per heavy atom. The molecule has 5 heteroatoms. The van der Waals surface area contributed by atoms with Crippen LogP contribution in [0.3, 0.4) is 0 Å². The van der Waals surface area contributed by atoms with Gasteiger partial charge in [0, 0.05) is 24.2 Å². The quantitative estimate of drug-likeness (QED) is 0.627. The molecule has 0 radical (unpaired) electrons. The standard InChI is InChI=1S/C12H16N2O3/c1-13-7-6-9(15)8-12(13)10-4-2-3-5-11(10)14(16)17/h2-5,9,12,15H,6-8H2,1H3. The summed E-state index contributed by atoms with van der Waals surface area (Å²) in [5.41, 5.74) is 0.831. The summed E-state index contributed by atoms with van der Waals surface area (Å²) in [4.78, 5) is 12.7. The van der Waals surface area contributed by atoms with Crippen molar-refractivity contribution in [2.24, 2.45) is 0 Å². The number of aliphatic hydroxyl groups excluding tert-OH is 1. The van der Waals surface area contributed by atoms with Gasteiger partial charge in [-0.05, 0) is 19.9 Å². The maximum absolute atomic E-state index is 11.0. The van der Waals surface area contributed by atoms with Gasteiger partial charge in [-0.25, -0.2) is 0 Å². The Morgan fingerprint density at radius 1 is 1.47 bits per heavy atom. The van der Waals surface area contributed by atoms with Crippen molar-refractivity contribution in [1.29, 1.82) is 0 Å². The number of aliphatic hydroxyl groups is 1. The average molecular weight is 236 g/mol. The first-order valence-corrected chi connectivity index (χ1v) is 5.71. The maximum Gasteiger partial charge on any atom is 0.274 e. The second-order valence-corrected chi connectivity index (χ2v) is 4.49. The van der Waals surface area contributed by atoms with Gasteiger partial charge in [-0.3, -0.25) is 15.0 Å². The van der Waals surface area contributed by atoms with Gasteiger partial charge >= 0.3 is 0 Å². The molecular weight excluding hydrogens is 220 g/mol. The van der Waals surface area contributed by atoms with Crippen molar-refractivity contribution in [1.82, 2.24) is 4.90 Å². The third kappa shape index (κ3) is 2.45. The van der Waals surface area contributed by atoms with Crippen LogP contribution >= 0.6 is 0 Å². The lowest BCUT2D eigenvalue weighted by Crippen LogP contribution is -2.36. The number of hydrogen-bond acceptors (Lipinski definition) is 4. The molecule has 1 fully saturated rings. The zero-order valence-corrected chi connectivity index (χ0v) is 9.74. The number of nitro groups is 1. The largest absolute Gasteiger partial charge is 0.393 e. The van der Waals surface area contributed by atoms with Crippen LogP contribution in [0.15, 0.2) is 24.3 Å². The number of likely N-dealkylation sites (tertiary alicyclic amines) is 1. The molecule has 2 unspecified atom stereocenters. The molecule has 0 saturated carbocycles. The molecule has 0 bridgehead atoms. The molecule has 0 amide bonds. The van der Waals surface area contributed by atoms with E-state index in [0.717, 1.165) is 13.0 Å². The Bertz CT molecular complexity index is 422. The van der Waals surface area contributed by atoms with Crippen LogP contribution in [0.4, 0.5) is 5.69 Å². The predicted molar refractivity (Wildman–Crippen MR) is 63.7 cm³/mol. The summed E-state index contributed by atoms with van der Waals surface area (Å²) in [7, 11) is 1.94. The van der Waals surface area contributed by atoms with E-state index >= 15 is 0 Å². The number of piperidine rings is 1. The van der Waals surface area contributed by atoms with E-state index in [0.29, 0.717) is 12.0 Å². The predicted octanol–water partition coefficient (Wildman–Crippen LogP) is 1.72. The lowest BCUT2D eigenvalue weighted by Gasteiger charge is -2.35. The van der Waals surface area contributed by atoms with Crippen LogP contribution in [0.25, 0.3) is 0 Å². The van der Waals surface area contributed by atoms with Crippen LogP contribution < -0.4 is 0 Å². The summed E-state index contributed by atoms with van der Waals surface area (Å²) in [6.07, 6.45) is 0.922. The van der Waals surface area contributed by atoms with Gasteiger partial charge in [-0.15, -0.1) is 0 Å². The van der Waals surface area contributed by atoms with Crippen molar-refractivity contribution in [2.45, 2.75) is 25.0 Å². The van der Waals surface area contributed by atoms with E-state index in [-0.39, 0.29) is 22.8 Å². The Labute approximate surface area is 99.8 Å². The summed E-state index contributed by atoms with van der Waals surface area (Å²) >= 11 is 0. The third-order valence-corrected chi connectivity index (χ3v) is 3.33. The summed E-state index contributed by atoms with van der Waals surface area (Å²) in [5.74, 6) is 0. The van der Waals surface area contributed by atoms with E-state index < -0.39 is 0 Å². The molecule has 2 atom stereocenters. The SMILES string of the molecule is CN1CCC(O)CC1c1ccccc1[N+](=O)[O-]. The van der Waals surface area contributed by atoms with Gasteiger partial charge < -0.3 is 5.11 Å². The van der Waals surface area contributed by atoms with Crippen molar-refractivity contribution >= 4 is 5.69 Å². The van der Waals surface area contributed by atoms with Crippen LogP contribution in [0.1, 0.15) is 24.4 Å². The molecule has 5 nitrogen and oxygen atoms in total. The molecule has 1 aliphatic rings. The van der Waals surface area contributed by atoms with Gasteiger partial charge in [0.05, 0.1) is 11.0 Å². The van der Waals surface area contributed by atoms with Crippen molar-refractivity contribution in [3.63, 3.8) is 0 Å². The lowest BCUT2D eigenvalue weighted by atomic mass is 9.93. The molecule has 92 valence electrons. The fraction of sp³-hybridized carbons (Fsp3) is 0.500. The summed E-state index contributed by atoms with van der Waals surface area (Å²) in [6.45, 7) is 0.762. The topological polar surface area (TPSA) is 66.6 Å². The summed E-state index contributed by atoms with van der Waals surface area (Å²) in [5, 5.41) is 20.7. The third-order valence-electron chi connectivity index (χ3n) is 3.33. The molecule has 17 heavy (non-hydrogen) atoms. The Hall–Kier alpha value is -1.46. The highest BCUT2D eigenvalue weighted by atomic mass is 16.6. The molecule has 2 rings (SSSR count). The van der Waals surface area contributed by atoms with E-state index in [1.54, 1.807) is 18.2 Å². The Kier molecular flexibility index (Phi) is 3.40. The molecule has 1 aromatic rings. The highest BCUT2D eigenvalue weighted by molar-refractivity contribution is 5.42. The van der Waals surface area contributed by atoms with Gasteiger partial charge in [0.15, 0.2) is 0 Å². The van der Waals surface area contributed by atoms with E-state index in [9.17, 15) is 15.2 Å². The Morgan fingerprint density at radius 3 is 2.88 bits per heavy atom. The van der Waals surface area contributed by atoms with Crippen LogP contribution in [-0.2, 0) is 0 Å². The molecule has 1 saturated heterocycles. The smallest absolute Gasteiger partial charge is 0.274 e. The van der Waals surface area contributed by atoms with Crippen LogP contribution in [-0.4, -0.2) is 34.6 Å². The minimum absolute atomic E-state index is 0.0691. The number of rotatable bonds is 2. The van der Waals surface area contributed by atoms with E-state index in [1.807, 2.05) is 7.05 Å². The van der Waals surface area contributed by atoms with Crippen LogP contribution in [0, 0.1) is 10.1 Å². The fourth-order valence-electron chi connectivity index (χ4n) is 2.36. The first kappa shape index (κ1) is 12.0. The highest BCUT2D eigenvalue weighted by Gasteiger charge is 2.30. The van der Waals surface area contributed by atoms with Crippen molar-refractivity contribution < 1.29 is 10.0 Å². The number of hydrogen-bond donors (Lipinski definition) is 1. The first-order valence-electron chi connectivity index (χ1n) is 5.71. The number of benzene rings is 1. The van der Waals surface area contributed by atoms with Crippen molar-refractivity contribution in [3.05, 3.63) is 39.9 Å². The first-order chi connectivity index (χ1) is 8.09. The zero-order valence-electron chi connectivity index (χ0n) is 9.74. The molecule has 0 aliphatic carbocycles. The number of nitro benzene ring substituents is 1. The summed E-state index contributed by atoms with van der Waals surface area (Å²) in [6, 6.07) is 6.69.